The van der Waals surface area contributed by atoms with Crippen LogP contribution in [0, 0.1) is 5.82 Å². The van der Waals surface area contributed by atoms with E-state index in [1.165, 1.54) is 18.0 Å². The maximum Gasteiger partial charge on any atom is 0.254 e. The SMILES string of the molecule is CN(CC(=O)NC1CC1)C(=O)c1cc(N)cc(F)c1. The topological polar surface area (TPSA) is 75.4 Å². The number of anilines is 1. The number of nitrogens with two attached hydrogens (primary N) is 1. The van der Waals surface area contributed by atoms with Crippen LogP contribution in [-0.4, -0.2) is 36.3 Å². The molecule has 5 nitrogen and oxygen atoms in total. The van der Waals surface area contributed by atoms with Crippen molar-refractivity contribution in [1.29, 1.82) is 0 Å². The van der Waals surface area contributed by atoms with E-state index in [2.05, 4.69) is 5.32 Å². The summed E-state index contributed by atoms with van der Waals surface area (Å²) < 4.78 is 13.2. The number of amides is 2. The largest absolute Gasteiger partial charge is 0.399 e. The van der Waals surface area contributed by atoms with Gasteiger partial charge in [0.2, 0.25) is 5.91 Å². The number of likely N-dealkylation sites (N-methyl/N-ethyl adjacent to an activating group) is 1. The van der Waals surface area contributed by atoms with Gasteiger partial charge in [-0.2, -0.15) is 0 Å². The summed E-state index contributed by atoms with van der Waals surface area (Å²) in [5.74, 6) is -1.21. The molecule has 3 N–H and O–H groups in total. The van der Waals surface area contributed by atoms with Crippen LogP contribution in [0.4, 0.5) is 10.1 Å². The Bertz CT molecular complexity index is 494. The Labute approximate surface area is 110 Å². The average molecular weight is 265 g/mol. The van der Waals surface area contributed by atoms with E-state index in [1.807, 2.05) is 0 Å². The van der Waals surface area contributed by atoms with Crippen LogP contribution in [0.3, 0.4) is 0 Å². The first-order chi connectivity index (χ1) is 8.95. The van der Waals surface area contributed by atoms with E-state index in [0.717, 1.165) is 25.0 Å². The number of nitrogens with zero attached hydrogens (tertiary/aromatic N) is 1. The number of nitrogen functional groups attached to an aromatic ring is 1. The molecule has 1 fully saturated rings. The Morgan fingerprint density at radius 3 is 2.68 bits per heavy atom. The van der Waals surface area contributed by atoms with Gasteiger partial charge in [0.1, 0.15) is 5.82 Å². The van der Waals surface area contributed by atoms with Gasteiger partial charge in [-0.15, -0.1) is 0 Å². The van der Waals surface area contributed by atoms with Crippen molar-refractivity contribution in [3.63, 3.8) is 0 Å². The van der Waals surface area contributed by atoms with Gasteiger partial charge < -0.3 is 16.0 Å². The number of halogens is 1. The molecule has 0 saturated heterocycles. The molecule has 0 heterocycles. The van der Waals surface area contributed by atoms with Crippen LogP contribution in [-0.2, 0) is 4.79 Å². The number of benzene rings is 1. The summed E-state index contributed by atoms with van der Waals surface area (Å²) in [5.41, 5.74) is 5.80. The second kappa shape index (κ2) is 5.26. The number of carbonyl (C=O) groups excluding carboxylic acids is 2. The van der Waals surface area contributed by atoms with Crippen LogP contribution in [0.15, 0.2) is 18.2 Å². The smallest absolute Gasteiger partial charge is 0.254 e. The molecular formula is C13H16FN3O2. The lowest BCUT2D eigenvalue weighted by atomic mass is 10.1. The summed E-state index contributed by atoms with van der Waals surface area (Å²) in [6, 6.07) is 3.88. The van der Waals surface area contributed by atoms with Crippen molar-refractivity contribution in [2.24, 2.45) is 0 Å². The van der Waals surface area contributed by atoms with E-state index in [9.17, 15) is 14.0 Å². The van der Waals surface area contributed by atoms with Crippen molar-refractivity contribution in [1.82, 2.24) is 10.2 Å². The lowest BCUT2D eigenvalue weighted by Gasteiger charge is -2.17. The van der Waals surface area contributed by atoms with E-state index in [0.29, 0.717) is 0 Å². The summed E-state index contributed by atoms with van der Waals surface area (Å²) in [6.07, 6.45) is 1.98. The van der Waals surface area contributed by atoms with Crippen molar-refractivity contribution in [2.45, 2.75) is 18.9 Å². The molecule has 0 bridgehead atoms. The fourth-order valence-electron chi connectivity index (χ4n) is 1.74. The van der Waals surface area contributed by atoms with E-state index in [-0.39, 0.29) is 29.7 Å². The molecular weight excluding hydrogens is 249 g/mol. The first kappa shape index (κ1) is 13.3. The second-order valence-corrected chi connectivity index (χ2v) is 4.78. The molecule has 19 heavy (non-hydrogen) atoms. The highest BCUT2D eigenvalue weighted by molar-refractivity contribution is 5.97. The highest BCUT2D eigenvalue weighted by Gasteiger charge is 2.24. The van der Waals surface area contributed by atoms with Crippen LogP contribution in [0.2, 0.25) is 0 Å². The summed E-state index contributed by atoms with van der Waals surface area (Å²) in [5, 5.41) is 2.78. The zero-order valence-electron chi connectivity index (χ0n) is 10.6. The molecule has 0 aliphatic heterocycles. The predicted molar refractivity (Wildman–Crippen MR) is 68.9 cm³/mol. The minimum atomic E-state index is -0.570. The van der Waals surface area contributed by atoms with Gasteiger partial charge in [-0.05, 0) is 31.0 Å². The van der Waals surface area contributed by atoms with Crippen LogP contribution in [0.25, 0.3) is 0 Å². The van der Waals surface area contributed by atoms with E-state index < -0.39 is 11.7 Å². The second-order valence-electron chi connectivity index (χ2n) is 4.78. The molecule has 0 aromatic heterocycles. The zero-order chi connectivity index (χ0) is 14.0. The van der Waals surface area contributed by atoms with Crippen molar-refractivity contribution >= 4 is 17.5 Å². The minimum absolute atomic E-state index is 0.0498. The molecule has 102 valence electrons. The van der Waals surface area contributed by atoms with E-state index in [1.54, 1.807) is 0 Å². The molecule has 1 aliphatic carbocycles. The Morgan fingerprint density at radius 1 is 1.42 bits per heavy atom. The Kier molecular flexibility index (Phi) is 3.69. The maximum atomic E-state index is 13.2. The van der Waals surface area contributed by atoms with Crippen LogP contribution in [0.5, 0.6) is 0 Å². The van der Waals surface area contributed by atoms with Gasteiger partial charge in [-0.1, -0.05) is 0 Å². The fraction of sp³-hybridized carbons (Fsp3) is 0.385. The normalized spacial score (nSPS) is 14.0. The number of hydrogen-bond donors (Lipinski definition) is 2. The van der Waals surface area contributed by atoms with E-state index in [4.69, 9.17) is 5.73 Å². The molecule has 2 amide bonds. The fourth-order valence-corrected chi connectivity index (χ4v) is 1.74. The highest BCUT2D eigenvalue weighted by Crippen LogP contribution is 2.18. The van der Waals surface area contributed by atoms with Crippen LogP contribution in [0.1, 0.15) is 23.2 Å². The molecule has 2 rings (SSSR count). The predicted octanol–water partition coefficient (Wildman–Crippen LogP) is 0.758. The molecule has 1 aromatic carbocycles. The highest BCUT2D eigenvalue weighted by atomic mass is 19.1. The van der Waals surface area contributed by atoms with Crippen LogP contribution >= 0.6 is 0 Å². The molecule has 1 aliphatic rings. The minimum Gasteiger partial charge on any atom is -0.399 e. The molecule has 0 radical (unpaired) electrons. The summed E-state index contributed by atoms with van der Waals surface area (Å²) in [7, 11) is 1.50. The average Bonchev–Trinajstić information content (AvgIpc) is 3.10. The monoisotopic (exact) mass is 265 g/mol. The summed E-state index contributed by atoms with van der Waals surface area (Å²) in [6.45, 7) is -0.0498. The standard InChI is InChI=1S/C13H16FN3O2/c1-17(7-12(18)16-11-2-3-11)13(19)8-4-9(14)6-10(15)5-8/h4-6,11H,2-3,7,15H2,1H3,(H,16,18). The third kappa shape index (κ3) is 3.67. The van der Waals surface area contributed by atoms with Gasteiger partial charge in [-0.25, -0.2) is 4.39 Å². The number of nitrogens with one attached hydrogen (secondary N) is 1. The third-order valence-corrected chi connectivity index (χ3v) is 2.84. The quantitative estimate of drug-likeness (QED) is 0.789. The van der Waals surface area contributed by atoms with Crippen molar-refractivity contribution < 1.29 is 14.0 Å². The van der Waals surface area contributed by atoms with E-state index >= 15 is 0 Å². The molecule has 0 spiro atoms. The van der Waals surface area contributed by atoms with Crippen LogP contribution < -0.4 is 11.1 Å². The summed E-state index contributed by atoms with van der Waals surface area (Å²) in [4.78, 5) is 24.8. The van der Waals surface area contributed by atoms with Crippen molar-refractivity contribution in [3.05, 3.63) is 29.6 Å². The Balaban J connectivity index is 1.98. The molecule has 1 aromatic rings. The molecule has 6 heteroatoms. The van der Waals surface area contributed by atoms with Gasteiger partial charge in [0.05, 0.1) is 6.54 Å². The molecule has 1 saturated carbocycles. The third-order valence-electron chi connectivity index (χ3n) is 2.84. The molecule has 0 unspecified atom stereocenters. The number of hydrogen-bond acceptors (Lipinski definition) is 3. The first-order valence-electron chi connectivity index (χ1n) is 6.06. The zero-order valence-corrected chi connectivity index (χ0v) is 10.6. The maximum absolute atomic E-state index is 13.2. The first-order valence-corrected chi connectivity index (χ1v) is 6.06. The number of rotatable bonds is 4. The van der Waals surface area contributed by atoms with Gasteiger partial charge >= 0.3 is 0 Å². The van der Waals surface area contributed by atoms with Crippen molar-refractivity contribution in [2.75, 3.05) is 19.3 Å². The van der Waals surface area contributed by atoms with Crippen molar-refractivity contribution in [3.8, 4) is 0 Å². The Hall–Kier alpha value is -2.11. The lowest BCUT2D eigenvalue weighted by molar-refractivity contribution is -0.121. The van der Waals surface area contributed by atoms with Gasteiger partial charge in [0.15, 0.2) is 0 Å². The van der Waals surface area contributed by atoms with Gasteiger partial charge in [0.25, 0.3) is 5.91 Å². The summed E-state index contributed by atoms with van der Waals surface area (Å²) >= 11 is 0. The lowest BCUT2D eigenvalue weighted by Crippen LogP contribution is -2.39. The molecule has 0 atom stereocenters. The van der Waals surface area contributed by atoms with Gasteiger partial charge in [0, 0.05) is 24.3 Å². The Morgan fingerprint density at radius 2 is 2.11 bits per heavy atom. The van der Waals surface area contributed by atoms with Gasteiger partial charge in [-0.3, -0.25) is 9.59 Å². The number of carbonyl (C=O) groups is 2.